The van der Waals surface area contributed by atoms with E-state index in [0.717, 1.165) is 45.4 Å². The van der Waals surface area contributed by atoms with Crippen LogP contribution in [0.15, 0.2) is 47.8 Å². The average Bonchev–Trinajstić information content (AvgIpc) is 3.56. The molecule has 0 bridgehead atoms. The maximum absolute atomic E-state index is 13.2. The van der Waals surface area contributed by atoms with Crippen molar-refractivity contribution in [3.8, 4) is 21.1 Å². The smallest absolute Gasteiger partial charge is 0.227 e. The van der Waals surface area contributed by atoms with Crippen molar-refractivity contribution in [1.82, 2.24) is 9.88 Å². The van der Waals surface area contributed by atoms with Gasteiger partial charge in [-0.15, -0.1) is 22.7 Å². The fourth-order valence-corrected chi connectivity index (χ4v) is 6.02. The van der Waals surface area contributed by atoms with Gasteiger partial charge in [-0.25, -0.2) is 4.98 Å². The quantitative estimate of drug-likeness (QED) is 0.577. The van der Waals surface area contributed by atoms with Crippen LogP contribution in [0.25, 0.3) is 21.1 Å². The number of hydrogen-bond donors (Lipinski definition) is 0. The second-order valence-corrected chi connectivity index (χ2v) is 9.69. The van der Waals surface area contributed by atoms with Gasteiger partial charge in [-0.05, 0) is 24.3 Å². The summed E-state index contributed by atoms with van der Waals surface area (Å²) in [6, 6.07) is 14.3. The van der Waals surface area contributed by atoms with E-state index in [1.165, 1.54) is 0 Å². The Morgan fingerprint density at radius 1 is 1.13 bits per heavy atom. The number of benzene rings is 1. The van der Waals surface area contributed by atoms with Crippen LogP contribution in [0.3, 0.4) is 0 Å². The minimum absolute atomic E-state index is 0.157. The highest BCUT2D eigenvalue weighted by atomic mass is 32.1. The van der Waals surface area contributed by atoms with Crippen LogP contribution >= 0.6 is 22.7 Å². The van der Waals surface area contributed by atoms with Crippen LogP contribution in [0.2, 0.25) is 0 Å². The van der Waals surface area contributed by atoms with Gasteiger partial charge in [0.2, 0.25) is 5.91 Å². The van der Waals surface area contributed by atoms with Crippen LogP contribution in [0, 0.1) is 5.92 Å². The van der Waals surface area contributed by atoms with Crippen molar-refractivity contribution in [3.05, 3.63) is 52.7 Å². The van der Waals surface area contributed by atoms with Crippen molar-refractivity contribution in [3.63, 3.8) is 0 Å². The summed E-state index contributed by atoms with van der Waals surface area (Å²) in [6.07, 6.45) is 2.27. The summed E-state index contributed by atoms with van der Waals surface area (Å²) in [4.78, 5) is 22.3. The molecule has 4 heterocycles. The summed E-state index contributed by atoms with van der Waals surface area (Å²) >= 11 is 3.29. The lowest BCUT2D eigenvalue weighted by atomic mass is 9.97. The largest absolute Gasteiger partial charge is 0.350 e. The molecule has 0 radical (unpaired) electrons. The van der Waals surface area contributed by atoms with E-state index in [4.69, 9.17) is 14.5 Å². The minimum Gasteiger partial charge on any atom is -0.350 e. The SMILES string of the molecule is O=C(Cc1sc(-c2ccccc2)nc1-c1cccs1)N1CCCC(C2OCCO2)C1. The number of aromatic nitrogens is 1. The number of carbonyl (C=O) groups is 1. The van der Waals surface area contributed by atoms with Crippen molar-refractivity contribution >= 4 is 28.6 Å². The number of nitrogens with zero attached hydrogens (tertiary/aromatic N) is 2. The minimum atomic E-state index is -0.157. The second-order valence-electron chi connectivity index (χ2n) is 7.66. The number of thiazole rings is 1. The van der Waals surface area contributed by atoms with E-state index < -0.39 is 0 Å². The molecule has 2 fully saturated rings. The molecule has 0 aliphatic carbocycles. The maximum Gasteiger partial charge on any atom is 0.227 e. The Labute approximate surface area is 184 Å². The molecule has 3 aromatic rings. The Kier molecular flexibility index (Phi) is 5.95. The second kappa shape index (κ2) is 8.98. The summed E-state index contributed by atoms with van der Waals surface area (Å²) in [6.45, 7) is 2.83. The van der Waals surface area contributed by atoms with E-state index in [1.54, 1.807) is 22.7 Å². The molecule has 30 heavy (non-hydrogen) atoms. The first-order valence-corrected chi connectivity index (χ1v) is 12.1. The number of carbonyl (C=O) groups excluding carboxylic acids is 1. The molecular formula is C23H24N2O3S2. The zero-order valence-corrected chi connectivity index (χ0v) is 18.3. The van der Waals surface area contributed by atoms with Crippen LogP contribution in [0.1, 0.15) is 17.7 Å². The van der Waals surface area contributed by atoms with Crippen LogP contribution in [0.4, 0.5) is 0 Å². The van der Waals surface area contributed by atoms with E-state index in [2.05, 4.69) is 23.6 Å². The molecule has 1 aromatic carbocycles. The lowest BCUT2D eigenvalue weighted by molar-refractivity contribution is -0.138. The summed E-state index contributed by atoms with van der Waals surface area (Å²) in [5, 5.41) is 3.02. The number of likely N-dealkylation sites (tertiary alicyclic amines) is 1. The molecular weight excluding hydrogens is 416 g/mol. The van der Waals surface area contributed by atoms with Crippen LogP contribution < -0.4 is 0 Å². The number of thiophene rings is 1. The maximum atomic E-state index is 13.2. The fourth-order valence-electron chi connectivity index (χ4n) is 4.14. The third-order valence-electron chi connectivity index (χ3n) is 5.63. The first kappa shape index (κ1) is 19.9. The van der Waals surface area contributed by atoms with Crippen molar-refractivity contribution in [2.24, 2.45) is 5.92 Å². The predicted octanol–water partition coefficient (Wildman–Crippen LogP) is 4.69. The van der Waals surface area contributed by atoms with E-state index in [-0.39, 0.29) is 18.1 Å². The zero-order chi connectivity index (χ0) is 20.3. The van der Waals surface area contributed by atoms with Crippen molar-refractivity contribution < 1.29 is 14.3 Å². The molecule has 1 atom stereocenters. The van der Waals surface area contributed by atoms with Gasteiger partial charge in [-0.2, -0.15) is 0 Å². The number of piperidine rings is 1. The monoisotopic (exact) mass is 440 g/mol. The standard InChI is InChI=1S/C23H24N2O3S2/c26-20(25-10-4-8-17(15-25)23-27-11-12-28-23)14-19-21(18-9-5-13-29-18)24-22(30-19)16-6-2-1-3-7-16/h1-3,5-7,9,13,17,23H,4,8,10-12,14-15H2. The number of hydrogen-bond acceptors (Lipinski definition) is 6. The first-order chi connectivity index (χ1) is 14.8. The van der Waals surface area contributed by atoms with Gasteiger partial charge in [-0.3, -0.25) is 4.79 Å². The van der Waals surface area contributed by atoms with Gasteiger partial charge in [-0.1, -0.05) is 36.4 Å². The van der Waals surface area contributed by atoms with Gasteiger partial charge in [0.05, 0.1) is 30.2 Å². The van der Waals surface area contributed by atoms with E-state index in [9.17, 15) is 4.79 Å². The average molecular weight is 441 g/mol. The van der Waals surface area contributed by atoms with Crippen LogP contribution in [0.5, 0.6) is 0 Å². The molecule has 5 rings (SSSR count). The summed E-state index contributed by atoms with van der Waals surface area (Å²) < 4.78 is 11.4. The number of ether oxygens (including phenoxy) is 2. The highest BCUT2D eigenvalue weighted by molar-refractivity contribution is 7.17. The molecule has 0 N–H and O–H groups in total. The Morgan fingerprint density at radius 2 is 1.97 bits per heavy atom. The van der Waals surface area contributed by atoms with Crippen LogP contribution in [-0.4, -0.2) is 48.4 Å². The van der Waals surface area contributed by atoms with Gasteiger partial charge in [0.1, 0.15) is 5.01 Å². The summed E-state index contributed by atoms with van der Waals surface area (Å²) in [5.74, 6) is 0.432. The van der Waals surface area contributed by atoms with Gasteiger partial charge < -0.3 is 14.4 Å². The Hall–Kier alpha value is -2.06. The third-order valence-corrected chi connectivity index (χ3v) is 7.61. The molecule has 156 valence electrons. The van der Waals surface area contributed by atoms with Crippen LogP contribution in [-0.2, 0) is 20.7 Å². The first-order valence-electron chi connectivity index (χ1n) is 10.4. The zero-order valence-electron chi connectivity index (χ0n) is 16.7. The number of rotatable bonds is 5. The lowest BCUT2D eigenvalue weighted by Crippen LogP contribution is -2.44. The highest BCUT2D eigenvalue weighted by Crippen LogP contribution is 2.36. The molecule has 2 aliphatic heterocycles. The van der Waals surface area contributed by atoms with Crippen molar-refractivity contribution in [2.45, 2.75) is 25.6 Å². The molecule has 2 aromatic heterocycles. The molecule has 7 heteroatoms. The molecule has 1 amide bonds. The van der Waals surface area contributed by atoms with Gasteiger partial charge in [0, 0.05) is 29.4 Å². The topological polar surface area (TPSA) is 51.7 Å². The molecule has 1 unspecified atom stereocenters. The Morgan fingerprint density at radius 3 is 2.73 bits per heavy atom. The molecule has 2 saturated heterocycles. The van der Waals surface area contributed by atoms with Crippen molar-refractivity contribution in [1.29, 1.82) is 0 Å². The molecule has 0 spiro atoms. The predicted molar refractivity (Wildman–Crippen MR) is 120 cm³/mol. The van der Waals surface area contributed by atoms with Gasteiger partial charge in [0.25, 0.3) is 0 Å². The third kappa shape index (κ3) is 4.21. The summed E-state index contributed by atoms with van der Waals surface area (Å²) in [5.41, 5.74) is 2.03. The molecule has 2 aliphatic rings. The van der Waals surface area contributed by atoms with Crippen molar-refractivity contribution in [2.75, 3.05) is 26.3 Å². The lowest BCUT2D eigenvalue weighted by Gasteiger charge is -2.34. The normalized spacial score (nSPS) is 20.0. The van der Waals surface area contributed by atoms with E-state index in [0.29, 0.717) is 26.2 Å². The van der Waals surface area contributed by atoms with Gasteiger partial charge >= 0.3 is 0 Å². The van der Waals surface area contributed by atoms with Gasteiger partial charge in [0.15, 0.2) is 6.29 Å². The van der Waals surface area contributed by atoms with E-state index >= 15 is 0 Å². The number of amides is 1. The molecule has 5 nitrogen and oxygen atoms in total. The molecule has 0 saturated carbocycles. The summed E-state index contributed by atoms with van der Waals surface area (Å²) in [7, 11) is 0. The Bertz CT molecular complexity index is 981. The fraction of sp³-hybridized carbons (Fsp3) is 0.391. The highest BCUT2D eigenvalue weighted by Gasteiger charge is 2.33. The van der Waals surface area contributed by atoms with E-state index in [1.807, 2.05) is 29.2 Å². The Balaban J connectivity index is 1.37.